The van der Waals surface area contributed by atoms with Gasteiger partial charge in [0, 0.05) is 25.2 Å². The zero-order valence-electron chi connectivity index (χ0n) is 16.8. The third-order valence-electron chi connectivity index (χ3n) is 5.69. The number of aromatic nitrogens is 2. The molecule has 2 amide bonds. The highest BCUT2D eigenvalue weighted by molar-refractivity contribution is 6.05. The van der Waals surface area contributed by atoms with Crippen LogP contribution in [0.1, 0.15) is 48.3 Å². The van der Waals surface area contributed by atoms with Gasteiger partial charge in [0.15, 0.2) is 0 Å². The maximum absolute atomic E-state index is 13.0. The van der Waals surface area contributed by atoms with E-state index in [0.717, 1.165) is 37.1 Å². The first-order chi connectivity index (χ1) is 13.9. The third kappa shape index (κ3) is 3.87. The minimum atomic E-state index is -0.726. The lowest BCUT2D eigenvalue weighted by Crippen LogP contribution is -2.35. The summed E-state index contributed by atoms with van der Waals surface area (Å²) in [6, 6.07) is 5.72. The topological polar surface area (TPSA) is 113 Å². The molecule has 3 heterocycles. The van der Waals surface area contributed by atoms with Gasteiger partial charge in [0.1, 0.15) is 11.6 Å². The molecule has 0 unspecified atom stereocenters. The molecule has 1 atom stereocenters. The Bertz CT molecular complexity index is 968. The van der Waals surface area contributed by atoms with E-state index in [1.54, 1.807) is 0 Å². The first kappa shape index (κ1) is 19.2. The Hall–Kier alpha value is -3.16. The van der Waals surface area contributed by atoms with Crippen molar-refractivity contribution in [3.8, 4) is 0 Å². The number of nitrogen functional groups attached to an aromatic ring is 1. The van der Waals surface area contributed by atoms with Gasteiger partial charge in [0.05, 0.1) is 11.5 Å². The largest absolute Gasteiger partial charge is 0.383 e. The van der Waals surface area contributed by atoms with Gasteiger partial charge in [-0.25, -0.2) is 0 Å². The molecule has 2 aromatic rings. The van der Waals surface area contributed by atoms with E-state index in [0.29, 0.717) is 23.0 Å². The van der Waals surface area contributed by atoms with Gasteiger partial charge in [-0.15, -0.1) is 0 Å². The number of anilines is 4. The van der Waals surface area contributed by atoms with Crippen molar-refractivity contribution in [2.75, 3.05) is 34.4 Å². The van der Waals surface area contributed by atoms with Gasteiger partial charge in [-0.05, 0) is 56.4 Å². The van der Waals surface area contributed by atoms with E-state index >= 15 is 0 Å². The van der Waals surface area contributed by atoms with E-state index in [1.807, 2.05) is 32.0 Å². The van der Waals surface area contributed by atoms with Crippen molar-refractivity contribution >= 4 is 35.1 Å². The predicted octanol–water partition coefficient (Wildman–Crippen LogP) is 2.73. The van der Waals surface area contributed by atoms with Crippen molar-refractivity contribution in [1.29, 1.82) is 0 Å². The Morgan fingerprint density at radius 1 is 1.17 bits per heavy atom. The van der Waals surface area contributed by atoms with E-state index in [4.69, 9.17) is 5.73 Å². The summed E-state index contributed by atoms with van der Waals surface area (Å²) in [5, 5.41) is 5.67. The maximum Gasteiger partial charge on any atom is 0.232 e. The van der Waals surface area contributed by atoms with Crippen LogP contribution in [0.5, 0.6) is 0 Å². The summed E-state index contributed by atoms with van der Waals surface area (Å²) >= 11 is 0. The number of rotatable bonds is 3. The molecule has 2 aliphatic heterocycles. The number of carbonyl (C=O) groups excluding carboxylic acids is 2. The zero-order valence-corrected chi connectivity index (χ0v) is 16.8. The highest BCUT2D eigenvalue weighted by Crippen LogP contribution is 2.37. The van der Waals surface area contributed by atoms with Gasteiger partial charge >= 0.3 is 0 Å². The Balaban J connectivity index is 1.63. The fourth-order valence-electron chi connectivity index (χ4n) is 3.89. The van der Waals surface area contributed by atoms with E-state index in [1.165, 1.54) is 6.42 Å². The molecule has 0 saturated carbocycles. The van der Waals surface area contributed by atoms with Crippen molar-refractivity contribution in [3.05, 3.63) is 34.9 Å². The highest BCUT2D eigenvalue weighted by Gasteiger charge is 2.35. The number of nitrogens with two attached hydrogens (primary N) is 1. The first-order valence-electron chi connectivity index (χ1n) is 10.0. The average Bonchev–Trinajstić information content (AvgIpc) is 2.70. The number of fused-ring (bicyclic) bond motifs is 1. The fraction of sp³-hybridized carbons (Fsp3) is 0.429. The van der Waals surface area contributed by atoms with Gasteiger partial charge < -0.3 is 21.3 Å². The molecule has 1 aromatic carbocycles. The summed E-state index contributed by atoms with van der Waals surface area (Å²) < 4.78 is 0. The number of hydrogen-bond acceptors (Lipinski definition) is 6. The molecule has 152 valence electrons. The van der Waals surface area contributed by atoms with Crippen LogP contribution >= 0.6 is 0 Å². The molecule has 4 N–H and O–H groups in total. The maximum atomic E-state index is 13.0. The van der Waals surface area contributed by atoms with Crippen molar-refractivity contribution in [1.82, 2.24) is 9.97 Å². The van der Waals surface area contributed by atoms with Crippen LogP contribution in [0, 0.1) is 13.8 Å². The molecule has 0 radical (unpaired) electrons. The molecule has 8 nitrogen and oxygen atoms in total. The van der Waals surface area contributed by atoms with Gasteiger partial charge in [-0.3, -0.25) is 9.59 Å². The minimum absolute atomic E-state index is 0.0142. The predicted molar refractivity (Wildman–Crippen MR) is 113 cm³/mol. The number of aryl methyl sites for hydroxylation is 2. The van der Waals surface area contributed by atoms with Crippen molar-refractivity contribution in [2.45, 2.75) is 45.4 Å². The van der Waals surface area contributed by atoms with Gasteiger partial charge in [0.25, 0.3) is 0 Å². The molecule has 0 spiro atoms. The molecule has 1 aromatic heterocycles. The summed E-state index contributed by atoms with van der Waals surface area (Å²) in [6.45, 7) is 5.73. The monoisotopic (exact) mass is 394 g/mol. The molecular weight excluding hydrogens is 368 g/mol. The Morgan fingerprint density at radius 3 is 2.66 bits per heavy atom. The van der Waals surface area contributed by atoms with Crippen molar-refractivity contribution in [2.24, 2.45) is 0 Å². The van der Waals surface area contributed by atoms with Gasteiger partial charge in [0.2, 0.25) is 17.8 Å². The van der Waals surface area contributed by atoms with Crippen LogP contribution in [-0.2, 0) is 9.59 Å². The number of piperidine rings is 1. The molecule has 8 heteroatoms. The summed E-state index contributed by atoms with van der Waals surface area (Å²) in [5.74, 6) is -0.164. The van der Waals surface area contributed by atoms with E-state index in [2.05, 4.69) is 25.5 Å². The highest BCUT2D eigenvalue weighted by atomic mass is 16.2. The lowest BCUT2D eigenvalue weighted by molar-refractivity contribution is -0.123. The number of benzene rings is 1. The normalized spacial score (nSPS) is 18.8. The lowest BCUT2D eigenvalue weighted by Gasteiger charge is -2.30. The van der Waals surface area contributed by atoms with Crippen molar-refractivity contribution in [3.63, 3.8) is 0 Å². The minimum Gasteiger partial charge on any atom is -0.383 e. The van der Waals surface area contributed by atoms with Crippen LogP contribution in [-0.4, -0.2) is 34.9 Å². The number of nitrogens with zero attached hydrogens (tertiary/aromatic N) is 3. The summed E-state index contributed by atoms with van der Waals surface area (Å²) in [4.78, 5) is 36.4. The fourth-order valence-corrected chi connectivity index (χ4v) is 3.89. The van der Waals surface area contributed by atoms with Crippen LogP contribution in [0.15, 0.2) is 18.2 Å². The number of amides is 2. The van der Waals surface area contributed by atoms with Gasteiger partial charge in [-0.1, -0.05) is 6.07 Å². The Morgan fingerprint density at radius 2 is 1.93 bits per heavy atom. The Kier molecular flexibility index (Phi) is 5.08. The molecule has 0 bridgehead atoms. The molecule has 29 heavy (non-hydrogen) atoms. The van der Waals surface area contributed by atoms with Crippen LogP contribution < -0.4 is 21.3 Å². The summed E-state index contributed by atoms with van der Waals surface area (Å²) in [7, 11) is 0. The molecule has 1 saturated heterocycles. The summed E-state index contributed by atoms with van der Waals surface area (Å²) in [6.07, 6.45) is 3.36. The quantitative estimate of drug-likeness (QED) is 0.738. The van der Waals surface area contributed by atoms with E-state index in [-0.39, 0.29) is 24.1 Å². The van der Waals surface area contributed by atoms with Crippen LogP contribution in [0.2, 0.25) is 0 Å². The molecular formula is C21H26N6O2. The molecule has 2 aliphatic rings. The standard InChI is InChI=1S/C21H26N6O2/c1-12-6-7-14(10-13(12)2)23-20(29)15-11-16(28)24-19-17(15)18(22)25-21(26-19)27-8-4-3-5-9-27/h6-7,10,15H,3-5,8-9,11H2,1-2H3,(H,23,29)(H3,22,24,25,26,28)/t15-/m1/s1. The second-order valence-electron chi connectivity index (χ2n) is 7.81. The van der Waals surface area contributed by atoms with Crippen molar-refractivity contribution < 1.29 is 9.59 Å². The lowest BCUT2D eigenvalue weighted by atomic mass is 9.91. The second-order valence-corrected chi connectivity index (χ2v) is 7.81. The van der Waals surface area contributed by atoms with E-state index < -0.39 is 5.92 Å². The van der Waals surface area contributed by atoms with Gasteiger partial charge in [-0.2, -0.15) is 9.97 Å². The number of hydrogen-bond donors (Lipinski definition) is 3. The number of carbonyl (C=O) groups is 2. The molecule has 4 rings (SSSR count). The zero-order chi connectivity index (χ0) is 20.5. The van der Waals surface area contributed by atoms with E-state index in [9.17, 15) is 9.59 Å². The van der Waals surface area contributed by atoms with Crippen LogP contribution in [0.3, 0.4) is 0 Å². The second kappa shape index (κ2) is 7.69. The smallest absolute Gasteiger partial charge is 0.232 e. The molecule has 1 fully saturated rings. The SMILES string of the molecule is Cc1ccc(NC(=O)[C@@H]2CC(=O)Nc3nc(N4CCCCC4)nc(N)c32)cc1C. The average molecular weight is 394 g/mol. The van der Waals surface area contributed by atoms with Crippen LogP contribution in [0.4, 0.5) is 23.3 Å². The number of nitrogens with one attached hydrogen (secondary N) is 2. The third-order valence-corrected chi connectivity index (χ3v) is 5.69. The Labute approximate surface area is 169 Å². The summed E-state index contributed by atoms with van der Waals surface area (Å²) in [5.41, 5.74) is 9.66. The van der Waals surface area contributed by atoms with Crippen LogP contribution in [0.25, 0.3) is 0 Å². The first-order valence-corrected chi connectivity index (χ1v) is 10.0. The molecule has 0 aliphatic carbocycles.